The van der Waals surface area contributed by atoms with Crippen LogP contribution in [-0.4, -0.2) is 73.9 Å². The number of carbonyl (C=O) groups is 2. The van der Waals surface area contributed by atoms with Gasteiger partial charge in [0.15, 0.2) is 5.96 Å². The van der Waals surface area contributed by atoms with E-state index in [1.165, 1.54) is 32.1 Å². The van der Waals surface area contributed by atoms with Gasteiger partial charge in [0.05, 0.1) is 0 Å². The van der Waals surface area contributed by atoms with Crippen LogP contribution in [0, 0.1) is 5.92 Å². The van der Waals surface area contributed by atoms with E-state index in [1.807, 2.05) is 11.8 Å². The third kappa shape index (κ3) is 6.50. The second-order valence-corrected chi connectivity index (χ2v) is 7.66. The van der Waals surface area contributed by atoms with Crippen molar-refractivity contribution >= 4 is 17.8 Å². The van der Waals surface area contributed by atoms with Crippen LogP contribution in [0.25, 0.3) is 0 Å². The second-order valence-electron chi connectivity index (χ2n) is 7.66. The van der Waals surface area contributed by atoms with E-state index in [1.54, 1.807) is 19.0 Å². The van der Waals surface area contributed by atoms with E-state index in [0.29, 0.717) is 24.8 Å². The molecule has 0 aromatic carbocycles. The number of nitrogens with zero attached hydrogens (tertiary/aromatic N) is 3. The molecule has 2 amide bonds. The van der Waals surface area contributed by atoms with E-state index in [9.17, 15) is 9.59 Å². The lowest BCUT2D eigenvalue weighted by Gasteiger charge is -2.24. The van der Waals surface area contributed by atoms with Gasteiger partial charge < -0.3 is 20.4 Å². The molecule has 0 aromatic heterocycles. The molecule has 1 saturated carbocycles. The molecular formula is C19H35N5O2. The Morgan fingerprint density at radius 2 is 1.88 bits per heavy atom. The number of likely N-dealkylation sites (tertiary alicyclic amines) is 1. The molecule has 1 saturated heterocycles. The standard InChI is InChI=1S/C19H35N5O2/c1-4-17(25)24-11-10-16(14-24)22-19(21-13-18(26)23(2)3)20-12-15-8-6-5-7-9-15/h15-16H,4-14H2,1-3H3,(H2,20,21,22). The number of nitrogens with one attached hydrogen (secondary N) is 2. The summed E-state index contributed by atoms with van der Waals surface area (Å²) in [7, 11) is 3.48. The molecule has 0 aromatic rings. The monoisotopic (exact) mass is 365 g/mol. The first kappa shape index (κ1) is 20.5. The van der Waals surface area contributed by atoms with E-state index >= 15 is 0 Å². The number of hydrogen-bond donors (Lipinski definition) is 2. The third-order valence-electron chi connectivity index (χ3n) is 5.34. The Bertz CT molecular complexity index is 500. The molecule has 148 valence electrons. The summed E-state index contributed by atoms with van der Waals surface area (Å²) in [6, 6.07) is 0.192. The molecule has 0 spiro atoms. The number of hydrogen-bond acceptors (Lipinski definition) is 3. The predicted molar refractivity (Wildman–Crippen MR) is 104 cm³/mol. The molecule has 2 N–H and O–H groups in total. The van der Waals surface area contributed by atoms with E-state index in [4.69, 9.17) is 0 Å². The van der Waals surface area contributed by atoms with Gasteiger partial charge in [-0.25, -0.2) is 4.99 Å². The van der Waals surface area contributed by atoms with Crippen molar-refractivity contribution < 1.29 is 9.59 Å². The quantitative estimate of drug-likeness (QED) is 0.548. The van der Waals surface area contributed by atoms with Gasteiger partial charge in [-0.2, -0.15) is 0 Å². The molecule has 2 aliphatic rings. The number of rotatable bonds is 6. The van der Waals surface area contributed by atoms with Crippen LogP contribution in [0.2, 0.25) is 0 Å². The normalized spacial score (nSPS) is 21.6. The number of aliphatic imine (C=N–C) groups is 1. The molecule has 1 heterocycles. The minimum atomic E-state index is -0.0158. The zero-order valence-electron chi connectivity index (χ0n) is 16.6. The summed E-state index contributed by atoms with van der Waals surface area (Å²) in [5.74, 6) is 1.56. The van der Waals surface area contributed by atoms with E-state index in [2.05, 4.69) is 15.6 Å². The Kier molecular flexibility index (Phi) is 8.19. The number of guanidine groups is 1. The van der Waals surface area contributed by atoms with Gasteiger partial charge in [0.2, 0.25) is 11.8 Å². The minimum absolute atomic E-state index is 0.0158. The van der Waals surface area contributed by atoms with Crippen molar-refractivity contribution in [1.29, 1.82) is 0 Å². The molecule has 7 nitrogen and oxygen atoms in total. The van der Waals surface area contributed by atoms with Gasteiger partial charge in [0.25, 0.3) is 0 Å². The predicted octanol–water partition coefficient (Wildman–Crippen LogP) is 1.20. The fraction of sp³-hybridized carbons (Fsp3) is 0.842. The lowest BCUT2D eigenvalue weighted by atomic mass is 9.89. The zero-order chi connectivity index (χ0) is 18.9. The number of carbonyl (C=O) groups excluding carboxylic acids is 2. The molecule has 7 heteroatoms. The lowest BCUT2D eigenvalue weighted by molar-refractivity contribution is -0.130. The van der Waals surface area contributed by atoms with Gasteiger partial charge in [-0.05, 0) is 25.2 Å². The summed E-state index contributed by atoms with van der Waals surface area (Å²) in [5, 5.41) is 6.87. The van der Waals surface area contributed by atoms with Gasteiger partial charge in [-0.15, -0.1) is 0 Å². The Labute approximate surface area is 157 Å². The second kappa shape index (κ2) is 10.4. The summed E-state index contributed by atoms with van der Waals surface area (Å²) in [5.41, 5.74) is 0. The Morgan fingerprint density at radius 1 is 1.15 bits per heavy atom. The van der Waals surface area contributed by atoms with Crippen molar-refractivity contribution in [2.75, 3.05) is 40.3 Å². The van der Waals surface area contributed by atoms with Gasteiger partial charge in [-0.1, -0.05) is 26.2 Å². The van der Waals surface area contributed by atoms with E-state index in [0.717, 1.165) is 19.5 Å². The fourth-order valence-electron chi connectivity index (χ4n) is 3.59. The topological polar surface area (TPSA) is 77.0 Å². The Morgan fingerprint density at radius 3 is 2.54 bits per heavy atom. The van der Waals surface area contributed by atoms with E-state index < -0.39 is 0 Å². The average molecular weight is 366 g/mol. The average Bonchev–Trinajstić information content (AvgIpc) is 3.12. The largest absolute Gasteiger partial charge is 0.356 e. The molecule has 2 fully saturated rings. The Hall–Kier alpha value is -1.79. The zero-order valence-corrected chi connectivity index (χ0v) is 16.6. The summed E-state index contributed by atoms with van der Waals surface area (Å²) in [4.78, 5) is 31.7. The van der Waals surface area contributed by atoms with E-state index in [-0.39, 0.29) is 24.4 Å². The highest BCUT2D eigenvalue weighted by Crippen LogP contribution is 2.22. The van der Waals surface area contributed by atoms with Gasteiger partial charge in [0.1, 0.15) is 6.54 Å². The third-order valence-corrected chi connectivity index (χ3v) is 5.34. The molecule has 1 aliphatic carbocycles. The van der Waals surface area contributed by atoms with Crippen LogP contribution in [-0.2, 0) is 9.59 Å². The van der Waals surface area contributed by atoms with Crippen molar-refractivity contribution in [2.45, 2.75) is 57.9 Å². The first-order valence-electron chi connectivity index (χ1n) is 10.0. The highest BCUT2D eigenvalue weighted by molar-refractivity contribution is 5.85. The smallest absolute Gasteiger partial charge is 0.243 e. The molecule has 1 atom stereocenters. The fourth-order valence-corrected chi connectivity index (χ4v) is 3.59. The lowest BCUT2D eigenvalue weighted by Crippen LogP contribution is -2.47. The maximum atomic E-state index is 11.9. The molecule has 0 radical (unpaired) electrons. The first-order valence-corrected chi connectivity index (χ1v) is 10.0. The van der Waals surface area contributed by atoms with Crippen LogP contribution in [0.1, 0.15) is 51.9 Å². The minimum Gasteiger partial charge on any atom is -0.356 e. The SMILES string of the molecule is CCC(=O)N1CCC(NC(=NCC(=O)N(C)C)NCC2CCCCC2)C1. The van der Waals surface area contributed by atoms with Gasteiger partial charge >= 0.3 is 0 Å². The molecule has 2 rings (SSSR count). The summed E-state index contributed by atoms with van der Waals surface area (Å²) >= 11 is 0. The molecule has 1 unspecified atom stereocenters. The van der Waals surface area contributed by atoms with Crippen molar-refractivity contribution in [3.05, 3.63) is 0 Å². The summed E-state index contributed by atoms with van der Waals surface area (Å²) in [6.07, 6.45) is 7.95. The van der Waals surface area contributed by atoms with Crippen LogP contribution >= 0.6 is 0 Å². The maximum Gasteiger partial charge on any atom is 0.243 e. The summed E-state index contributed by atoms with van der Waals surface area (Å²) < 4.78 is 0. The van der Waals surface area contributed by atoms with Crippen molar-refractivity contribution in [3.63, 3.8) is 0 Å². The van der Waals surface area contributed by atoms with Crippen molar-refractivity contribution in [3.8, 4) is 0 Å². The van der Waals surface area contributed by atoms with Crippen LogP contribution in [0.5, 0.6) is 0 Å². The highest BCUT2D eigenvalue weighted by atomic mass is 16.2. The first-order chi connectivity index (χ1) is 12.5. The van der Waals surface area contributed by atoms with Crippen LogP contribution in [0.4, 0.5) is 0 Å². The van der Waals surface area contributed by atoms with Crippen LogP contribution in [0.3, 0.4) is 0 Å². The maximum absolute atomic E-state index is 11.9. The number of likely N-dealkylation sites (N-methyl/N-ethyl adjacent to an activating group) is 1. The summed E-state index contributed by atoms with van der Waals surface area (Å²) in [6.45, 7) is 4.42. The van der Waals surface area contributed by atoms with Crippen LogP contribution < -0.4 is 10.6 Å². The highest BCUT2D eigenvalue weighted by Gasteiger charge is 2.26. The van der Waals surface area contributed by atoms with Crippen molar-refractivity contribution in [2.24, 2.45) is 10.9 Å². The van der Waals surface area contributed by atoms with Crippen molar-refractivity contribution in [1.82, 2.24) is 20.4 Å². The molecular weight excluding hydrogens is 330 g/mol. The van der Waals surface area contributed by atoms with Crippen LogP contribution in [0.15, 0.2) is 4.99 Å². The molecule has 1 aliphatic heterocycles. The van der Waals surface area contributed by atoms with Gasteiger partial charge in [0, 0.05) is 46.2 Å². The Balaban J connectivity index is 1.90. The number of amides is 2. The molecule has 26 heavy (non-hydrogen) atoms. The molecule has 0 bridgehead atoms. The van der Waals surface area contributed by atoms with Gasteiger partial charge in [-0.3, -0.25) is 9.59 Å².